The summed E-state index contributed by atoms with van der Waals surface area (Å²) in [6, 6.07) is 5.60. The van der Waals surface area contributed by atoms with Gasteiger partial charge in [-0.05, 0) is 44.4 Å². The van der Waals surface area contributed by atoms with E-state index >= 15 is 0 Å². The Kier molecular flexibility index (Phi) is 5.12. The van der Waals surface area contributed by atoms with Gasteiger partial charge in [-0.15, -0.1) is 0 Å². The zero-order chi connectivity index (χ0) is 15.5. The summed E-state index contributed by atoms with van der Waals surface area (Å²) in [5.74, 6) is -0.111. The van der Waals surface area contributed by atoms with Crippen LogP contribution in [-0.4, -0.2) is 31.2 Å². The summed E-state index contributed by atoms with van der Waals surface area (Å²) in [5, 5.41) is 6.72. The molecule has 2 unspecified atom stereocenters. The van der Waals surface area contributed by atoms with E-state index in [1.165, 1.54) is 0 Å². The Morgan fingerprint density at radius 3 is 2.95 bits per heavy atom. The smallest absolute Gasteiger partial charge is 0.251 e. The highest BCUT2D eigenvalue weighted by molar-refractivity contribution is 6.33. The zero-order valence-electron chi connectivity index (χ0n) is 12.8. The van der Waals surface area contributed by atoms with Crippen LogP contribution in [0.4, 0.5) is 5.69 Å². The van der Waals surface area contributed by atoms with Crippen LogP contribution in [0.2, 0.25) is 5.02 Å². The predicted molar refractivity (Wildman–Crippen MR) is 86.1 cm³/mol. The largest absolute Gasteiger partial charge is 0.381 e. The molecule has 1 heterocycles. The van der Waals surface area contributed by atoms with Gasteiger partial charge in [-0.25, -0.2) is 0 Å². The van der Waals surface area contributed by atoms with Gasteiger partial charge in [-0.3, -0.25) is 4.79 Å². The molecule has 5 heteroatoms. The molecule has 0 aliphatic carbocycles. The van der Waals surface area contributed by atoms with E-state index in [4.69, 9.17) is 16.3 Å². The summed E-state index contributed by atoms with van der Waals surface area (Å²) in [7, 11) is 1.62. The number of carbonyl (C=O) groups is 1. The Bertz CT molecular complexity index is 521. The van der Waals surface area contributed by atoms with Crippen LogP contribution in [0.25, 0.3) is 0 Å². The van der Waals surface area contributed by atoms with E-state index < -0.39 is 0 Å². The van der Waals surface area contributed by atoms with Gasteiger partial charge in [0.25, 0.3) is 5.91 Å². The van der Waals surface area contributed by atoms with Crippen LogP contribution >= 0.6 is 11.6 Å². The zero-order valence-corrected chi connectivity index (χ0v) is 13.6. The van der Waals surface area contributed by atoms with Crippen molar-refractivity contribution in [2.24, 2.45) is 0 Å². The van der Waals surface area contributed by atoms with Crippen LogP contribution in [0.5, 0.6) is 0 Å². The standard InChI is InChI=1S/C16H23ClN2O2/c1-4-16(2)10-12(7-8-21-16)19-14-9-11(15(20)18-3)5-6-13(14)17/h5-6,9,12,19H,4,7-8,10H2,1-3H3,(H,18,20). The van der Waals surface area contributed by atoms with Crippen molar-refractivity contribution < 1.29 is 9.53 Å². The molecule has 116 valence electrons. The molecule has 2 rings (SSSR count). The van der Waals surface area contributed by atoms with Crippen molar-refractivity contribution in [2.75, 3.05) is 19.0 Å². The summed E-state index contributed by atoms with van der Waals surface area (Å²) in [6.45, 7) is 5.03. The van der Waals surface area contributed by atoms with E-state index in [0.29, 0.717) is 16.6 Å². The summed E-state index contributed by atoms with van der Waals surface area (Å²) >= 11 is 6.24. The Labute approximate surface area is 131 Å². The van der Waals surface area contributed by atoms with Crippen LogP contribution in [0.15, 0.2) is 18.2 Å². The molecule has 2 N–H and O–H groups in total. The number of halogens is 1. The normalized spacial score (nSPS) is 25.4. The molecule has 21 heavy (non-hydrogen) atoms. The lowest BCUT2D eigenvalue weighted by molar-refractivity contribution is -0.0708. The van der Waals surface area contributed by atoms with E-state index in [-0.39, 0.29) is 11.5 Å². The Hall–Kier alpha value is -1.26. The SMILES string of the molecule is CCC1(C)CC(Nc2cc(C(=O)NC)ccc2Cl)CCO1. The molecule has 1 aliphatic rings. The van der Waals surface area contributed by atoms with Crippen LogP contribution in [0.1, 0.15) is 43.5 Å². The number of hydrogen-bond donors (Lipinski definition) is 2. The molecular weight excluding hydrogens is 288 g/mol. The minimum absolute atomic E-state index is 0.0825. The third-order valence-corrected chi connectivity index (χ3v) is 4.49. The number of rotatable bonds is 4. The first-order valence-corrected chi connectivity index (χ1v) is 7.77. The Morgan fingerprint density at radius 1 is 1.52 bits per heavy atom. The van der Waals surface area contributed by atoms with Crippen molar-refractivity contribution in [3.63, 3.8) is 0 Å². The maximum atomic E-state index is 11.7. The summed E-state index contributed by atoms with van der Waals surface area (Å²) < 4.78 is 5.86. The molecule has 0 aromatic heterocycles. The van der Waals surface area contributed by atoms with Crippen LogP contribution in [-0.2, 0) is 4.74 Å². The van der Waals surface area contributed by atoms with E-state index in [1.807, 2.05) is 0 Å². The molecule has 2 atom stereocenters. The van der Waals surface area contributed by atoms with Crippen molar-refractivity contribution >= 4 is 23.2 Å². The van der Waals surface area contributed by atoms with Crippen LogP contribution in [0.3, 0.4) is 0 Å². The molecule has 0 radical (unpaired) electrons. The monoisotopic (exact) mass is 310 g/mol. The maximum Gasteiger partial charge on any atom is 0.251 e. The highest BCUT2D eigenvalue weighted by Crippen LogP contribution is 2.31. The minimum atomic E-state index is -0.111. The molecule has 1 fully saturated rings. The summed E-state index contributed by atoms with van der Waals surface area (Å²) in [6.07, 6.45) is 2.86. The third kappa shape index (κ3) is 3.89. The first-order chi connectivity index (χ1) is 9.97. The maximum absolute atomic E-state index is 11.7. The second kappa shape index (κ2) is 6.67. The summed E-state index contributed by atoms with van der Waals surface area (Å²) in [5.41, 5.74) is 1.33. The fourth-order valence-corrected chi connectivity index (χ4v) is 2.81. The van der Waals surface area contributed by atoms with Crippen molar-refractivity contribution in [1.82, 2.24) is 5.32 Å². The number of hydrogen-bond acceptors (Lipinski definition) is 3. The molecule has 0 spiro atoms. The lowest BCUT2D eigenvalue weighted by Gasteiger charge is -2.38. The molecule has 1 aromatic carbocycles. The number of benzene rings is 1. The van der Waals surface area contributed by atoms with Gasteiger partial charge < -0.3 is 15.4 Å². The number of ether oxygens (including phenoxy) is 1. The fraction of sp³-hybridized carbons (Fsp3) is 0.562. The Morgan fingerprint density at radius 2 is 2.29 bits per heavy atom. The lowest BCUT2D eigenvalue weighted by Crippen LogP contribution is -2.41. The van der Waals surface area contributed by atoms with Crippen molar-refractivity contribution in [1.29, 1.82) is 0 Å². The van der Waals surface area contributed by atoms with Crippen LogP contribution < -0.4 is 10.6 Å². The average Bonchev–Trinajstić information content (AvgIpc) is 2.49. The predicted octanol–water partition coefficient (Wildman–Crippen LogP) is 3.46. The van der Waals surface area contributed by atoms with Gasteiger partial charge in [0.15, 0.2) is 0 Å². The molecular formula is C16H23ClN2O2. The van der Waals surface area contributed by atoms with Gasteiger partial charge in [0.1, 0.15) is 0 Å². The van der Waals surface area contributed by atoms with Gasteiger partial charge in [0.05, 0.1) is 16.3 Å². The topological polar surface area (TPSA) is 50.4 Å². The van der Waals surface area contributed by atoms with E-state index in [1.54, 1.807) is 25.2 Å². The quantitative estimate of drug-likeness (QED) is 0.895. The second-order valence-corrected chi connectivity index (χ2v) is 6.17. The molecule has 1 aromatic rings. The van der Waals surface area contributed by atoms with Gasteiger partial charge >= 0.3 is 0 Å². The minimum Gasteiger partial charge on any atom is -0.381 e. The van der Waals surface area contributed by atoms with Gasteiger partial charge in [0.2, 0.25) is 0 Å². The molecule has 1 aliphatic heterocycles. The van der Waals surface area contributed by atoms with E-state index in [9.17, 15) is 4.79 Å². The fourth-order valence-electron chi connectivity index (χ4n) is 2.64. The van der Waals surface area contributed by atoms with Gasteiger partial charge in [-0.1, -0.05) is 18.5 Å². The van der Waals surface area contributed by atoms with Crippen molar-refractivity contribution in [3.8, 4) is 0 Å². The highest BCUT2D eigenvalue weighted by atomic mass is 35.5. The second-order valence-electron chi connectivity index (χ2n) is 5.76. The first-order valence-electron chi connectivity index (χ1n) is 7.39. The van der Waals surface area contributed by atoms with E-state index in [0.717, 1.165) is 31.6 Å². The average molecular weight is 311 g/mol. The lowest BCUT2D eigenvalue weighted by atomic mass is 9.90. The summed E-state index contributed by atoms with van der Waals surface area (Å²) in [4.78, 5) is 11.7. The molecule has 1 saturated heterocycles. The number of carbonyl (C=O) groups excluding carboxylic acids is 1. The highest BCUT2D eigenvalue weighted by Gasteiger charge is 2.31. The number of amides is 1. The molecule has 1 amide bonds. The van der Waals surface area contributed by atoms with Crippen molar-refractivity contribution in [3.05, 3.63) is 28.8 Å². The van der Waals surface area contributed by atoms with E-state index in [2.05, 4.69) is 24.5 Å². The third-order valence-electron chi connectivity index (χ3n) is 4.16. The number of anilines is 1. The van der Waals surface area contributed by atoms with Gasteiger partial charge in [0, 0.05) is 25.3 Å². The molecule has 4 nitrogen and oxygen atoms in total. The van der Waals surface area contributed by atoms with Gasteiger partial charge in [-0.2, -0.15) is 0 Å². The molecule has 0 saturated carbocycles. The molecule has 0 bridgehead atoms. The Balaban J connectivity index is 2.13. The number of nitrogens with one attached hydrogen (secondary N) is 2. The first kappa shape index (κ1) is 16.1. The van der Waals surface area contributed by atoms with Crippen molar-refractivity contribution in [2.45, 2.75) is 44.8 Å². The van der Waals surface area contributed by atoms with Crippen LogP contribution in [0, 0.1) is 0 Å².